The lowest BCUT2D eigenvalue weighted by molar-refractivity contribution is 0.307. The first-order valence-corrected chi connectivity index (χ1v) is 6.55. The Morgan fingerprint density at radius 2 is 2.10 bits per heavy atom. The molecule has 0 fully saturated rings. The SMILES string of the molecule is CCCOc1ncnc(Nc2c(F)cc(F)cc2Cl)c1N. The Balaban J connectivity index is 2.32. The third-order valence-electron chi connectivity index (χ3n) is 2.54. The van der Waals surface area contributed by atoms with Crippen molar-refractivity contribution in [3.05, 3.63) is 35.1 Å². The van der Waals surface area contributed by atoms with E-state index in [4.69, 9.17) is 22.1 Å². The molecule has 3 N–H and O–H groups in total. The Morgan fingerprint density at radius 3 is 2.76 bits per heavy atom. The Hall–Kier alpha value is -2.15. The smallest absolute Gasteiger partial charge is 0.242 e. The number of nitrogens with two attached hydrogens (primary N) is 1. The zero-order valence-electron chi connectivity index (χ0n) is 11.2. The van der Waals surface area contributed by atoms with Crippen LogP contribution in [0.1, 0.15) is 13.3 Å². The van der Waals surface area contributed by atoms with Crippen molar-refractivity contribution >= 4 is 28.8 Å². The van der Waals surface area contributed by atoms with E-state index in [1.807, 2.05) is 6.92 Å². The molecule has 0 amide bonds. The van der Waals surface area contributed by atoms with Crippen molar-refractivity contribution in [3.63, 3.8) is 0 Å². The fourth-order valence-corrected chi connectivity index (χ4v) is 1.81. The van der Waals surface area contributed by atoms with Crippen LogP contribution in [-0.4, -0.2) is 16.6 Å². The van der Waals surface area contributed by atoms with Crippen LogP contribution in [0.25, 0.3) is 0 Å². The van der Waals surface area contributed by atoms with Crippen molar-refractivity contribution in [2.24, 2.45) is 0 Å². The highest BCUT2D eigenvalue weighted by molar-refractivity contribution is 6.33. The molecule has 0 saturated heterocycles. The van der Waals surface area contributed by atoms with Gasteiger partial charge < -0.3 is 15.8 Å². The van der Waals surface area contributed by atoms with E-state index in [1.54, 1.807) is 0 Å². The molecule has 0 bridgehead atoms. The highest BCUT2D eigenvalue weighted by Crippen LogP contribution is 2.32. The first-order valence-electron chi connectivity index (χ1n) is 6.17. The highest BCUT2D eigenvalue weighted by Gasteiger charge is 2.14. The number of halogens is 3. The van der Waals surface area contributed by atoms with Gasteiger partial charge in [0.25, 0.3) is 0 Å². The number of anilines is 3. The number of benzene rings is 1. The first kappa shape index (κ1) is 15.2. The lowest BCUT2D eigenvalue weighted by Gasteiger charge is -2.13. The van der Waals surface area contributed by atoms with E-state index in [9.17, 15) is 8.78 Å². The molecule has 0 unspecified atom stereocenters. The molecule has 1 heterocycles. The predicted octanol–water partition coefficient (Wildman–Crippen LogP) is 3.52. The number of nitrogen functional groups attached to an aromatic ring is 1. The summed E-state index contributed by atoms with van der Waals surface area (Å²) >= 11 is 5.80. The largest absolute Gasteiger partial charge is 0.476 e. The van der Waals surface area contributed by atoms with Gasteiger partial charge in [0.05, 0.1) is 17.3 Å². The van der Waals surface area contributed by atoms with Crippen molar-refractivity contribution in [1.82, 2.24) is 9.97 Å². The molecule has 112 valence electrons. The summed E-state index contributed by atoms with van der Waals surface area (Å²) in [6.45, 7) is 2.37. The van der Waals surface area contributed by atoms with Gasteiger partial charge in [-0.2, -0.15) is 4.98 Å². The molecule has 1 aromatic carbocycles. The minimum absolute atomic E-state index is 0.116. The van der Waals surface area contributed by atoms with Gasteiger partial charge in [-0.25, -0.2) is 13.8 Å². The van der Waals surface area contributed by atoms with E-state index in [0.29, 0.717) is 12.7 Å². The minimum Gasteiger partial charge on any atom is -0.476 e. The summed E-state index contributed by atoms with van der Waals surface area (Å²) in [5.41, 5.74) is 5.85. The standard InChI is InChI=1S/C13H13ClF2N4O/c1-2-3-21-13-10(17)12(18-6-19-13)20-11-8(14)4-7(15)5-9(11)16/h4-6H,2-3,17H2,1H3,(H,18,19,20). The average molecular weight is 315 g/mol. The molecule has 1 aromatic heterocycles. The summed E-state index contributed by atoms with van der Waals surface area (Å²) in [5.74, 6) is -1.31. The summed E-state index contributed by atoms with van der Waals surface area (Å²) in [5, 5.41) is 2.50. The van der Waals surface area contributed by atoms with Crippen LogP contribution in [0.4, 0.5) is 26.0 Å². The molecule has 0 aliphatic carbocycles. The van der Waals surface area contributed by atoms with Gasteiger partial charge in [-0.05, 0) is 12.5 Å². The van der Waals surface area contributed by atoms with E-state index in [0.717, 1.165) is 12.5 Å². The second-order valence-corrected chi connectivity index (χ2v) is 4.57. The maximum absolute atomic E-state index is 13.7. The molecule has 0 saturated carbocycles. The third-order valence-corrected chi connectivity index (χ3v) is 2.84. The fourth-order valence-electron chi connectivity index (χ4n) is 1.57. The van der Waals surface area contributed by atoms with E-state index < -0.39 is 11.6 Å². The van der Waals surface area contributed by atoms with E-state index in [-0.39, 0.29) is 28.1 Å². The number of nitrogens with one attached hydrogen (secondary N) is 1. The second kappa shape index (κ2) is 6.53. The van der Waals surface area contributed by atoms with Crippen LogP contribution in [0.3, 0.4) is 0 Å². The number of nitrogens with zero attached hydrogens (tertiary/aromatic N) is 2. The highest BCUT2D eigenvalue weighted by atomic mass is 35.5. The Morgan fingerprint density at radius 1 is 1.33 bits per heavy atom. The van der Waals surface area contributed by atoms with Gasteiger partial charge in [-0.15, -0.1) is 0 Å². The predicted molar refractivity (Wildman–Crippen MR) is 76.9 cm³/mol. The molecule has 5 nitrogen and oxygen atoms in total. The van der Waals surface area contributed by atoms with Gasteiger partial charge in [0.1, 0.15) is 17.8 Å². The van der Waals surface area contributed by atoms with Crippen LogP contribution in [0, 0.1) is 11.6 Å². The second-order valence-electron chi connectivity index (χ2n) is 4.16. The first-order chi connectivity index (χ1) is 10.0. The Bertz CT molecular complexity index is 631. The monoisotopic (exact) mass is 314 g/mol. The zero-order chi connectivity index (χ0) is 15.4. The quantitative estimate of drug-likeness (QED) is 0.883. The maximum Gasteiger partial charge on any atom is 0.242 e. The number of ether oxygens (including phenoxy) is 1. The molecule has 0 atom stereocenters. The zero-order valence-corrected chi connectivity index (χ0v) is 11.9. The van der Waals surface area contributed by atoms with Crippen LogP contribution < -0.4 is 15.8 Å². The minimum atomic E-state index is -0.853. The lowest BCUT2D eigenvalue weighted by Crippen LogP contribution is -2.07. The van der Waals surface area contributed by atoms with Crippen LogP contribution in [0.2, 0.25) is 5.02 Å². The van der Waals surface area contributed by atoms with Crippen molar-refractivity contribution in [1.29, 1.82) is 0 Å². The van der Waals surface area contributed by atoms with Gasteiger partial charge in [-0.3, -0.25) is 0 Å². The van der Waals surface area contributed by atoms with Crippen molar-refractivity contribution in [3.8, 4) is 5.88 Å². The summed E-state index contributed by atoms with van der Waals surface area (Å²) < 4.78 is 32.1. The molecule has 0 radical (unpaired) electrons. The molecule has 2 aromatic rings. The molecule has 0 aliphatic rings. The summed E-state index contributed by atoms with van der Waals surface area (Å²) in [4.78, 5) is 7.79. The number of hydrogen-bond acceptors (Lipinski definition) is 5. The van der Waals surface area contributed by atoms with E-state index in [1.165, 1.54) is 6.33 Å². The van der Waals surface area contributed by atoms with Gasteiger partial charge >= 0.3 is 0 Å². The summed E-state index contributed by atoms with van der Waals surface area (Å²) in [6.07, 6.45) is 2.00. The molecule has 2 rings (SSSR count). The Labute approximate surface area is 125 Å². The maximum atomic E-state index is 13.7. The van der Waals surface area contributed by atoms with Crippen LogP contribution in [0.5, 0.6) is 5.88 Å². The van der Waals surface area contributed by atoms with Gasteiger partial charge in [0.15, 0.2) is 11.6 Å². The summed E-state index contributed by atoms with van der Waals surface area (Å²) in [6, 6.07) is 1.69. The van der Waals surface area contributed by atoms with Gasteiger partial charge in [0.2, 0.25) is 5.88 Å². The van der Waals surface area contributed by atoms with Crippen molar-refractivity contribution < 1.29 is 13.5 Å². The Kier molecular flexibility index (Phi) is 4.74. The topological polar surface area (TPSA) is 73.1 Å². The van der Waals surface area contributed by atoms with Crippen LogP contribution in [0.15, 0.2) is 18.5 Å². The van der Waals surface area contributed by atoms with Crippen molar-refractivity contribution in [2.45, 2.75) is 13.3 Å². The van der Waals surface area contributed by atoms with Crippen LogP contribution >= 0.6 is 11.6 Å². The summed E-state index contributed by atoms with van der Waals surface area (Å²) in [7, 11) is 0. The molecular formula is C13H13ClF2N4O. The fraction of sp³-hybridized carbons (Fsp3) is 0.231. The van der Waals surface area contributed by atoms with E-state index in [2.05, 4.69) is 15.3 Å². The third kappa shape index (κ3) is 3.49. The van der Waals surface area contributed by atoms with Gasteiger partial charge in [0, 0.05) is 6.07 Å². The molecule has 0 aliphatic heterocycles. The number of hydrogen-bond donors (Lipinski definition) is 2. The normalized spacial score (nSPS) is 10.5. The lowest BCUT2D eigenvalue weighted by atomic mass is 10.3. The van der Waals surface area contributed by atoms with E-state index >= 15 is 0 Å². The molecule has 0 spiro atoms. The average Bonchev–Trinajstić information content (AvgIpc) is 2.43. The number of aromatic nitrogens is 2. The van der Waals surface area contributed by atoms with Gasteiger partial charge in [-0.1, -0.05) is 18.5 Å². The van der Waals surface area contributed by atoms with Crippen molar-refractivity contribution in [2.75, 3.05) is 17.7 Å². The molecule has 21 heavy (non-hydrogen) atoms. The molecular weight excluding hydrogens is 302 g/mol. The van der Waals surface area contributed by atoms with Crippen LogP contribution in [-0.2, 0) is 0 Å². The molecule has 8 heteroatoms. The number of rotatable bonds is 5.